The van der Waals surface area contributed by atoms with Crippen LogP contribution in [0, 0.1) is 0 Å². The number of carbonyl (C=O) groups excluding carboxylic acids is 1. The topological polar surface area (TPSA) is 54.0 Å². The van der Waals surface area contributed by atoms with E-state index in [9.17, 15) is 4.79 Å². The summed E-state index contributed by atoms with van der Waals surface area (Å²) in [6.45, 7) is 5.00. The largest absolute Gasteiger partial charge is 0.479 e. The number of rotatable bonds is 11. The van der Waals surface area contributed by atoms with Crippen molar-refractivity contribution in [2.75, 3.05) is 19.8 Å². The molecule has 0 bridgehead atoms. The minimum absolute atomic E-state index is 0.213. The van der Waals surface area contributed by atoms with Gasteiger partial charge in [-0.25, -0.2) is 4.79 Å². The van der Waals surface area contributed by atoms with E-state index in [2.05, 4.69) is 6.92 Å². The van der Waals surface area contributed by atoms with Gasteiger partial charge in [0.2, 0.25) is 0 Å². The summed E-state index contributed by atoms with van der Waals surface area (Å²) in [6, 6.07) is 11.9. The van der Waals surface area contributed by atoms with E-state index in [1.165, 1.54) is 0 Å². The Kier molecular flexibility index (Phi) is 9.41. The van der Waals surface area contributed by atoms with Crippen molar-refractivity contribution >= 4 is 29.2 Å². The second kappa shape index (κ2) is 11.8. The first-order valence-electron chi connectivity index (χ1n) is 9.13. The van der Waals surface area contributed by atoms with Gasteiger partial charge in [0.25, 0.3) is 0 Å². The Morgan fingerprint density at radius 3 is 2.39 bits per heavy atom. The minimum atomic E-state index is -0.729. The molecule has 0 saturated heterocycles. The van der Waals surface area contributed by atoms with Crippen molar-refractivity contribution in [3.05, 3.63) is 52.5 Å². The molecule has 1 atom stereocenters. The Balaban J connectivity index is 1.78. The molecule has 1 unspecified atom stereocenters. The summed E-state index contributed by atoms with van der Waals surface area (Å²) in [7, 11) is 0. The maximum absolute atomic E-state index is 12.0. The predicted octanol–water partition coefficient (Wildman–Crippen LogP) is 5.91. The molecule has 5 nitrogen and oxygen atoms in total. The standard InChI is InChI=1S/C21H24Cl2O5/c1-3-4-11-25-12-13-26-21(24)15(2)27-17-6-8-18(9-7-17)28-20-10-5-16(22)14-19(20)23/h5-10,14-15H,3-4,11-13H2,1-2H3. The lowest BCUT2D eigenvalue weighted by Gasteiger charge is -2.14. The highest BCUT2D eigenvalue weighted by Gasteiger charge is 2.16. The van der Waals surface area contributed by atoms with E-state index in [1.807, 2.05) is 0 Å². The molecule has 2 aromatic rings. The fraction of sp³-hybridized carbons (Fsp3) is 0.381. The number of unbranched alkanes of at least 4 members (excludes halogenated alkanes) is 1. The lowest BCUT2D eigenvalue weighted by molar-refractivity contribution is -0.152. The van der Waals surface area contributed by atoms with Gasteiger partial charge in [-0.2, -0.15) is 0 Å². The van der Waals surface area contributed by atoms with Crippen molar-refractivity contribution in [3.63, 3.8) is 0 Å². The van der Waals surface area contributed by atoms with E-state index >= 15 is 0 Å². The zero-order valence-corrected chi connectivity index (χ0v) is 17.5. The molecule has 0 radical (unpaired) electrons. The molecule has 2 aromatic carbocycles. The molecule has 0 aliphatic rings. The third-order valence-corrected chi connectivity index (χ3v) is 4.23. The van der Waals surface area contributed by atoms with Gasteiger partial charge in [-0.1, -0.05) is 36.5 Å². The number of ether oxygens (including phenoxy) is 4. The van der Waals surface area contributed by atoms with Crippen LogP contribution in [0.4, 0.5) is 0 Å². The zero-order chi connectivity index (χ0) is 20.4. The smallest absolute Gasteiger partial charge is 0.347 e. The third-order valence-electron chi connectivity index (χ3n) is 3.70. The molecule has 0 aliphatic carbocycles. The molecular formula is C21H24Cl2O5. The molecule has 0 N–H and O–H groups in total. The minimum Gasteiger partial charge on any atom is -0.479 e. The van der Waals surface area contributed by atoms with Gasteiger partial charge < -0.3 is 18.9 Å². The first-order chi connectivity index (χ1) is 13.5. The first kappa shape index (κ1) is 22.3. The fourth-order valence-corrected chi connectivity index (χ4v) is 2.64. The number of benzene rings is 2. The quantitative estimate of drug-likeness (QED) is 0.330. The second-order valence-electron chi connectivity index (χ2n) is 6.04. The molecule has 0 spiro atoms. The third kappa shape index (κ3) is 7.58. The molecular weight excluding hydrogens is 403 g/mol. The summed E-state index contributed by atoms with van der Waals surface area (Å²) in [5.74, 6) is 1.17. The summed E-state index contributed by atoms with van der Waals surface area (Å²) >= 11 is 12.0. The monoisotopic (exact) mass is 426 g/mol. The first-order valence-corrected chi connectivity index (χ1v) is 9.89. The van der Waals surface area contributed by atoms with E-state index in [0.29, 0.717) is 40.5 Å². The van der Waals surface area contributed by atoms with Gasteiger partial charge in [-0.3, -0.25) is 0 Å². The van der Waals surface area contributed by atoms with Gasteiger partial charge in [0.05, 0.1) is 11.6 Å². The van der Waals surface area contributed by atoms with Crippen LogP contribution in [0.3, 0.4) is 0 Å². The van der Waals surface area contributed by atoms with Crippen molar-refractivity contribution in [2.45, 2.75) is 32.8 Å². The van der Waals surface area contributed by atoms with Gasteiger partial charge in [0.15, 0.2) is 6.10 Å². The van der Waals surface area contributed by atoms with Gasteiger partial charge in [0, 0.05) is 11.6 Å². The Hall–Kier alpha value is -1.95. The number of hydrogen-bond donors (Lipinski definition) is 0. The van der Waals surface area contributed by atoms with Crippen LogP contribution in [-0.4, -0.2) is 31.9 Å². The van der Waals surface area contributed by atoms with Crippen molar-refractivity contribution in [2.24, 2.45) is 0 Å². The zero-order valence-electron chi connectivity index (χ0n) is 16.0. The van der Waals surface area contributed by atoms with E-state index in [-0.39, 0.29) is 6.61 Å². The fourth-order valence-electron chi connectivity index (χ4n) is 2.19. The van der Waals surface area contributed by atoms with Crippen molar-refractivity contribution < 1.29 is 23.7 Å². The van der Waals surface area contributed by atoms with E-state index in [0.717, 1.165) is 12.8 Å². The lowest BCUT2D eigenvalue weighted by atomic mass is 10.3. The van der Waals surface area contributed by atoms with Crippen LogP contribution < -0.4 is 9.47 Å². The molecule has 0 amide bonds. The highest BCUT2D eigenvalue weighted by Crippen LogP contribution is 2.32. The summed E-state index contributed by atoms with van der Waals surface area (Å²) in [4.78, 5) is 12.0. The Labute approximate surface area is 175 Å². The maximum Gasteiger partial charge on any atom is 0.347 e. The highest BCUT2D eigenvalue weighted by molar-refractivity contribution is 6.35. The van der Waals surface area contributed by atoms with Crippen molar-refractivity contribution in [3.8, 4) is 17.2 Å². The molecule has 7 heteroatoms. The SMILES string of the molecule is CCCCOCCOC(=O)C(C)Oc1ccc(Oc2ccc(Cl)cc2Cl)cc1. The molecule has 0 saturated carbocycles. The molecule has 0 aromatic heterocycles. The number of carbonyl (C=O) groups is 1. The Morgan fingerprint density at radius 2 is 1.71 bits per heavy atom. The predicted molar refractivity (Wildman–Crippen MR) is 110 cm³/mol. The van der Waals surface area contributed by atoms with Gasteiger partial charge in [-0.05, 0) is 55.8 Å². The molecule has 0 aliphatic heterocycles. The normalized spacial score (nSPS) is 11.7. The maximum atomic E-state index is 12.0. The van der Waals surface area contributed by atoms with Crippen LogP contribution in [0.5, 0.6) is 17.2 Å². The highest BCUT2D eigenvalue weighted by atomic mass is 35.5. The summed E-state index contributed by atoms with van der Waals surface area (Å²) < 4.78 is 21.8. The Morgan fingerprint density at radius 1 is 1.00 bits per heavy atom. The van der Waals surface area contributed by atoms with Crippen LogP contribution in [0.25, 0.3) is 0 Å². The number of hydrogen-bond acceptors (Lipinski definition) is 5. The molecule has 152 valence electrons. The summed E-state index contributed by atoms with van der Waals surface area (Å²) in [5.41, 5.74) is 0. The van der Waals surface area contributed by atoms with Crippen LogP contribution in [0.2, 0.25) is 10.0 Å². The van der Waals surface area contributed by atoms with Crippen LogP contribution in [0.1, 0.15) is 26.7 Å². The molecule has 0 fully saturated rings. The summed E-state index contributed by atoms with van der Waals surface area (Å²) in [5, 5.41) is 0.956. The average Bonchev–Trinajstić information content (AvgIpc) is 2.68. The van der Waals surface area contributed by atoms with Crippen LogP contribution >= 0.6 is 23.2 Å². The van der Waals surface area contributed by atoms with Gasteiger partial charge >= 0.3 is 5.97 Å². The van der Waals surface area contributed by atoms with Crippen LogP contribution in [0.15, 0.2) is 42.5 Å². The van der Waals surface area contributed by atoms with Crippen molar-refractivity contribution in [1.29, 1.82) is 0 Å². The summed E-state index contributed by atoms with van der Waals surface area (Å²) in [6.07, 6.45) is 1.34. The van der Waals surface area contributed by atoms with Gasteiger partial charge in [-0.15, -0.1) is 0 Å². The molecule has 0 heterocycles. The van der Waals surface area contributed by atoms with Crippen LogP contribution in [-0.2, 0) is 14.3 Å². The number of halogens is 2. The second-order valence-corrected chi connectivity index (χ2v) is 6.89. The van der Waals surface area contributed by atoms with E-state index < -0.39 is 12.1 Å². The van der Waals surface area contributed by atoms with Gasteiger partial charge in [0.1, 0.15) is 23.9 Å². The molecule has 2 rings (SSSR count). The van der Waals surface area contributed by atoms with E-state index in [4.69, 9.17) is 42.1 Å². The van der Waals surface area contributed by atoms with E-state index in [1.54, 1.807) is 49.4 Å². The average molecular weight is 427 g/mol. The van der Waals surface area contributed by atoms with Crippen molar-refractivity contribution in [1.82, 2.24) is 0 Å². The lowest BCUT2D eigenvalue weighted by Crippen LogP contribution is -2.27. The number of esters is 1. The Bertz CT molecular complexity index is 749. The molecule has 28 heavy (non-hydrogen) atoms.